The molecular weight excluding hydrogens is 216 g/mol. The number of nitrogens with one attached hydrogen (secondary N) is 1. The highest BCUT2D eigenvalue weighted by molar-refractivity contribution is 7.07. The lowest BCUT2D eigenvalue weighted by atomic mass is 10.2. The van der Waals surface area contributed by atoms with Crippen LogP contribution in [0, 0.1) is 0 Å². The van der Waals surface area contributed by atoms with Crippen LogP contribution in [0.2, 0.25) is 0 Å². The van der Waals surface area contributed by atoms with Crippen LogP contribution < -0.4 is 5.32 Å². The van der Waals surface area contributed by atoms with Gasteiger partial charge in [0, 0.05) is 19.1 Å². The molecule has 0 bridgehead atoms. The van der Waals surface area contributed by atoms with Gasteiger partial charge in [0.15, 0.2) is 0 Å². The van der Waals surface area contributed by atoms with Gasteiger partial charge in [-0.15, -0.1) is 0 Å². The molecule has 0 spiro atoms. The van der Waals surface area contributed by atoms with Crippen LogP contribution in [-0.2, 0) is 6.54 Å². The first-order valence-electron chi connectivity index (χ1n) is 6.16. The second-order valence-corrected chi connectivity index (χ2v) is 5.23. The first-order valence-corrected chi connectivity index (χ1v) is 7.10. The lowest BCUT2D eigenvalue weighted by Gasteiger charge is -2.24. The third-order valence-corrected chi connectivity index (χ3v) is 3.64. The van der Waals surface area contributed by atoms with Crippen molar-refractivity contribution in [2.75, 3.05) is 20.1 Å². The van der Waals surface area contributed by atoms with Crippen LogP contribution >= 0.6 is 11.3 Å². The summed E-state index contributed by atoms with van der Waals surface area (Å²) in [5.74, 6) is 0. The van der Waals surface area contributed by atoms with Crippen molar-refractivity contribution in [2.45, 2.75) is 39.3 Å². The van der Waals surface area contributed by atoms with Crippen molar-refractivity contribution in [1.29, 1.82) is 0 Å². The van der Waals surface area contributed by atoms with Gasteiger partial charge >= 0.3 is 0 Å². The summed E-state index contributed by atoms with van der Waals surface area (Å²) in [4.78, 5) is 2.40. The van der Waals surface area contributed by atoms with Gasteiger partial charge in [0.2, 0.25) is 0 Å². The monoisotopic (exact) mass is 240 g/mol. The summed E-state index contributed by atoms with van der Waals surface area (Å²) in [6.07, 6.45) is 2.55. The van der Waals surface area contributed by atoms with Gasteiger partial charge < -0.3 is 5.32 Å². The highest BCUT2D eigenvalue weighted by atomic mass is 32.1. The van der Waals surface area contributed by atoms with Crippen molar-refractivity contribution in [2.24, 2.45) is 0 Å². The van der Waals surface area contributed by atoms with Crippen molar-refractivity contribution in [3.05, 3.63) is 22.4 Å². The van der Waals surface area contributed by atoms with E-state index in [0.717, 1.165) is 19.6 Å². The minimum absolute atomic E-state index is 0.594. The summed E-state index contributed by atoms with van der Waals surface area (Å²) in [5.41, 5.74) is 1.42. The Labute approximate surface area is 104 Å². The van der Waals surface area contributed by atoms with Crippen molar-refractivity contribution in [1.82, 2.24) is 10.2 Å². The summed E-state index contributed by atoms with van der Waals surface area (Å²) in [6.45, 7) is 7.80. The van der Waals surface area contributed by atoms with Gasteiger partial charge in [-0.2, -0.15) is 11.3 Å². The molecule has 92 valence electrons. The van der Waals surface area contributed by atoms with E-state index in [1.807, 2.05) is 0 Å². The zero-order chi connectivity index (χ0) is 11.8. The molecule has 0 saturated carbocycles. The number of rotatable bonds is 8. The van der Waals surface area contributed by atoms with E-state index in [-0.39, 0.29) is 0 Å². The lowest BCUT2D eigenvalue weighted by Crippen LogP contribution is -2.37. The summed E-state index contributed by atoms with van der Waals surface area (Å²) in [5, 5.41) is 7.88. The molecule has 3 heteroatoms. The van der Waals surface area contributed by atoms with E-state index in [9.17, 15) is 0 Å². The van der Waals surface area contributed by atoms with Gasteiger partial charge in [0.05, 0.1) is 0 Å². The molecule has 0 aliphatic rings. The molecule has 1 rings (SSSR count). The van der Waals surface area contributed by atoms with Crippen LogP contribution in [0.5, 0.6) is 0 Å². The fourth-order valence-electron chi connectivity index (χ4n) is 1.59. The van der Waals surface area contributed by atoms with Gasteiger partial charge in [-0.1, -0.05) is 13.3 Å². The SMILES string of the molecule is CCCCNCC(C)N(C)Cc1ccsc1. The van der Waals surface area contributed by atoms with E-state index in [0.29, 0.717) is 6.04 Å². The highest BCUT2D eigenvalue weighted by Gasteiger charge is 2.08. The molecule has 0 saturated heterocycles. The van der Waals surface area contributed by atoms with Gasteiger partial charge in [-0.3, -0.25) is 4.90 Å². The predicted molar refractivity (Wildman–Crippen MR) is 73.0 cm³/mol. The van der Waals surface area contributed by atoms with Crippen LogP contribution in [0.4, 0.5) is 0 Å². The quantitative estimate of drug-likeness (QED) is 0.703. The van der Waals surface area contributed by atoms with Crippen LogP contribution in [0.1, 0.15) is 32.3 Å². The Kier molecular flexibility index (Phi) is 6.69. The molecule has 16 heavy (non-hydrogen) atoms. The molecule has 1 N–H and O–H groups in total. The topological polar surface area (TPSA) is 15.3 Å². The van der Waals surface area contributed by atoms with Crippen LogP contribution in [0.3, 0.4) is 0 Å². The van der Waals surface area contributed by atoms with Crippen molar-refractivity contribution in [3.63, 3.8) is 0 Å². The first kappa shape index (κ1) is 13.7. The molecule has 2 nitrogen and oxygen atoms in total. The Balaban J connectivity index is 2.17. The van der Waals surface area contributed by atoms with Crippen molar-refractivity contribution in [3.8, 4) is 0 Å². The number of hydrogen-bond donors (Lipinski definition) is 1. The van der Waals surface area contributed by atoms with E-state index in [1.165, 1.54) is 18.4 Å². The number of likely N-dealkylation sites (N-methyl/N-ethyl adjacent to an activating group) is 1. The maximum Gasteiger partial charge on any atom is 0.0242 e. The zero-order valence-corrected chi connectivity index (χ0v) is 11.5. The summed E-state index contributed by atoms with van der Waals surface area (Å²) >= 11 is 1.78. The molecule has 0 aromatic carbocycles. The molecule has 1 unspecified atom stereocenters. The number of nitrogens with zero attached hydrogens (tertiary/aromatic N) is 1. The third kappa shape index (κ3) is 5.10. The molecule has 0 aliphatic carbocycles. The lowest BCUT2D eigenvalue weighted by molar-refractivity contribution is 0.243. The van der Waals surface area contributed by atoms with Crippen molar-refractivity contribution >= 4 is 11.3 Å². The van der Waals surface area contributed by atoms with E-state index < -0.39 is 0 Å². The molecule has 0 amide bonds. The highest BCUT2D eigenvalue weighted by Crippen LogP contribution is 2.09. The zero-order valence-electron chi connectivity index (χ0n) is 10.7. The minimum Gasteiger partial charge on any atom is -0.315 e. The average Bonchev–Trinajstić information content (AvgIpc) is 2.76. The maximum absolute atomic E-state index is 3.51. The molecule has 0 aliphatic heterocycles. The normalized spacial score (nSPS) is 13.2. The molecule has 1 atom stereocenters. The van der Waals surface area contributed by atoms with E-state index in [1.54, 1.807) is 11.3 Å². The Morgan fingerprint density at radius 3 is 2.94 bits per heavy atom. The fraction of sp³-hybridized carbons (Fsp3) is 0.692. The summed E-state index contributed by atoms with van der Waals surface area (Å²) in [6, 6.07) is 2.80. The number of hydrogen-bond acceptors (Lipinski definition) is 3. The Bertz CT molecular complexity index is 259. The molecule has 1 aromatic rings. The van der Waals surface area contributed by atoms with Gasteiger partial charge in [-0.05, 0) is 49.3 Å². The first-order chi connectivity index (χ1) is 7.74. The molecule has 0 radical (unpaired) electrons. The maximum atomic E-state index is 3.51. The second-order valence-electron chi connectivity index (χ2n) is 4.45. The molecule has 1 heterocycles. The van der Waals surface area contributed by atoms with Gasteiger partial charge in [0.25, 0.3) is 0 Å². The smallest absolute Gasteiger partial charge is 0.0242 e. The summed E-state index contributed by atoms with van der Waals surface area (Å²) < 4.78 is 0. The van der Waals surface area contributed by atoms with Gasteiger partial charge in [-0.25, -0.2) is 0 Å². The van der Waals surface area contributed by atoms with Gasteiger partial charge in [0.1, 0.15) is 0 Å². The molecule has 1 aromatic heterocycles. The number of unbranched alkanes of at least 4 members (excludes halogenated alkanes) is 1. The van der Waals surface area contributed by atoms with Crippen LogP contribution in [-0.4, -0.2) is 31.1 Å². The minimum atomic E-state index is 0.594. The Hall–Kier alpha value is -0.380. The molecule has 0 fully saturated rings. The average molecular weight is 240 g/mol. The fourth-order valence-corrected chi connectivity index (χ4v) is 2.25. The molecular formula is C13H24N2S. The largest absolute Gasteiger partial charge is 0.315 e. The van der Waals surface area contributed by atoms with Crippen LogP contribution in [0.25, 0.3) is 0 Å². The third-order valence-electron chi connectivity index (χ3n) is 2.91. The number of thiophene rings is 1. The van der Waals surface area contributed by atoms with E-state index >= 15 is 0 Å². The Morgan fingerprint density at radius 1 is 1.50 bits per heavy atom. The predicted octanol–water partition coefficient (Wildman–Crippen LogP) is 2.96. The second kappa shape index (κ2) is 7.82. The van der Waals surface area contributed by atoms with Crippen molar-refractivity contribution < 1.29 is 0 Å². The standard InChI is InChI=1S/C13H24N2S/c1-4-5-7-14-9-12(2)15(3)10-13-6-8-16-11-13/h6,8,11-12,14H,4-5,7,9-10H2,1-3H3. The van der Waals surface area contributed by atoms with E-state index in [2.05, 4.69) is 47.9 Å². The van der Waals surface area contributed by atoms with E-state index in [4.69, 9.17) is 0 Å². The van der Waals surface area contributed by atoms with Crippen LogP contribution in [0.15, 0.2) is 16.8 Å². The summed E-state index contributed by atoms with van der Waals surface area (Å²) in [7, 11) is 2.20. The Morgan fingerprint density at radius 2 is 2.31 bits per heavy atom.